The number of phenols is 2. The fourth-order valence-electron chi connectivity index (χ4n) is 2.64. The minimum Gasteiger partial charge on any atom is -0.508 e. The lowest BCUT2D eigenvalue weighted by molar-refractivity contribution is -0.121. The SMILES string of the molecule is O=C1NC(=O)C(c2ccc(O)cc2)N1.O=C1NC(=O)C(c2ccc(O)cc2)N1. The van der Waals surface area contributed by atoms with Gasteiger partial charge in [-0.2, -0.15) is 0 Å². The summed E-state index contributed by atoms with van der Waals surface area (Å²) >= 11 is 0. The lowest BCUT2D eigenvalue weighted by Crippen LogP contribution is -2.22. The Bertz CT molecular complexity index is 849. The first kappa shape index (κ1) is 18.7. The topological polar surface area (TPSA) is 157 Å². The minimum absolute atomic E-state index is 0.124. The standard InChI is InChI=1S/2C9H8N2O3/c2*12-6-3-1-5(2-4-6)7-8(13)11-9(14)10-7/h2*1-4,7,12H,(H2,10,11,13,14). The number of urea groups is 2. The van der Waals surface area contributed by atoms with Gasteiger partial charge in [0, 0.05) is 0 Å². The van der Waals surface area contributed by atoms with Gasteiger partial charge in [0.05, 0.1) is 0 Å². The molecule has 2 fully saturated rings. The highest BCUT2D eigenvalue weighted by Gasteiger charge is 2.31. The molecule has 0 radical (unpaired) electrons. The molecule has 0 bridgehead atoms. The van der Waals surface area contributed by atoms with Gasteiger partial charge in [-0.05, 0) is 35.4 Å². The largest absolute Gasteiger partial charge is 0.508 e. The summed E-state index contributed by atoms with van der Waals surface area (Å²) in [6.45, 7) is 0. The zero-order valence-corrected chi connectivity index (χ0v) is 14.3. The van der Waals surface area contributed by atoms with Gasteiger partial charge < -0.3 is 20.8 Å². The van der Waals surface area contributed by atoms with Crippen LogP contribution in [0.3, 0.4) is 0 Å². The van der Waals surface area contributed by atoms with E-state index in [4.69, 9.17) is 10.2 Å². The summed E-state index contributed by atoms with van der Waals surface area (Å²) in [4.78, 5) is 44.0. The Balaban J connectivity index is 0.000000161. The fraction of sp³-hybridized carbons (Fsp3) is 0.111. The summed E-state index contributed by atoms with van der Waals surface area (Å²) < 4.78 is 0. The monoisotopic (exact) mass is 384 g/mol. The van der Waals surface area contributed by atoms with Crippen molar-refractivity contribution in [2.24, 2.45) is 0 Å². The van der Waals surface area contributed by atoms with Crippen LogP contribution < -0.4 is 21.3 Å². The van der Waals surface area contributed by atoms with Crippen molar-refractivity contribution < 1.29 is 29.4 Å². The number of hydrogen-bond acceptors (Lipinski definition) is 6. The zero-order chi connectivity index (χ0) is 20.3. The molecule has 0 aliphatic carbocycles. The van der Waals surface area contributed by atoms with Crippen LogP contribution in [0, 0.1) is 0 Å². The maximum atomic E-state index is 11.2. The number of nitrogens with one attached hydrogen (secondary N) is 4. The number of imide groups is 2. The maximum absolute atomic E-state index is 11.2. The van der Waals surface area contributed by atoms with Gasteiger partial charge >= 0.3 is 12.1 Å². The molecule has 0 spiro atoms. The van der Waals surface area contributed by atoms with Crippen molar-refractivity contribution in [1.82, 2.24) is 21.3 Å². The van der Waals surface area contributed by atoms with Gasteiger partial charge in [0.1, 0.15) is 23.6 Å². The highest BCUT2D eigenvalue weighted by atomic mass is 16.3. The molecule has 2 aromatic rings. The fourth-order valence-corrected chi connectivity index (χ4v) is 2.64. The second-order valence-electron chi connectivity index (χ2n) is 5.97. The van der Waals surface area contributed by atoms with Crippen molar-refractivity contribution in [3.05, 3.63) is 59.7 Å². The van der Waals surface area contributed by atoms with Gasteiger partial charge in [0.2, 0.25) is 0 Å². The number of phenolic OH excluding ortho intramolecular Hbond substituents is 2. The van der Waals surface area contributed by atoms with Crippen molar-refractivity contribution in [3.63, 3.8) is 0 Å². The Hall–Kier alpha value is -4.08. The van der Waals surface area contributed by atoms with E-state index in [0.29, 0.717) is 11.1 Å². The molecule has 2 aliphatic heterocycles. The third-order valence-corrected chi connectivity index (χ3v) is 4.00. The third-order valence-electron chi connectivity index (χ3n) is 4.00. The molecule has 2 heterocycles. The number of hydrogen-bond donors (Lipinski definition) is 6. The average Bonchev–Trinajstić information content (AvgIpc) is 3.17. The Labute approximate surface area is 158 Å². The molecular weight excluding hydrogens is 368 g/mol. The molecular formula is C18H16N4O6. The number of aromatic hydroxyl groups is 2. The van der Waals surface area contributed by atoms with E-state index in [9.17, 15) is 19.2 Å². The number of carbonyl (C=O) groups is 4. The van der Waals surface area contributed by atoms with E-state index in [2.05, 4.69) is 21.3 Å². The smallest absolute Gasteiger partial charge is 0.322 e. The number of benzene rings is 2. The summed E-state index contributed by atoms with van der Waals surface area (Å²) in [5.41, 5.74) is 1.29. The Kier molecular flexibility index (Phi) is 5.12. The predicted molar refractivity (Wildman–Crippen MR) is 95.0 cm³/mol. The van der Waals surface area contributed by atoms with E-state index in [1.807, 2.05) is 0 Å². The first-order valence-electron chi connectivity index (χ1n) is 8.14. The van der Waals surface area contributed by atoms with E-state index in [0.717, 1.165) is 0 Å². The van der Waals surface area contributed by atoms with E-state index in [1.54, 1.807) is 24.3 Å². The molecule has 6 amide bonds. The van der Waals surface area contributed by atoms with Crippen LogP contribution in [0.2, 0.25) is 0 Å². The summed E-state index contributed by atoms with van der Waals surface area (Å²) in [7, 11) is 0. The molecule has 0 saturated carbocycles. The molecule has 10 heteroatoms. The minimum atomic E-state index is -0.650. The summed E-state index contributed by atoms with van der Waals surface area (Å²) in [6.07, 6.45) is 0. The number of carbonyl (C=O) groups excluding carboxylic acids is 4. The van der Waals surface area contributed by atoms with Gasteiger partial charge in [-0.15, -0.1) is 0 Å². The lowest BCUT2D eigenvalue weighted by Gasteiger charge is -2.06. The van der Waals surface area contributed by atoms with Gasteiger partial charge in [0.15, 0.2) is 0 Å². The summed E-state index contributed by atoms with van der Waals surface area (Å²) in [5, 5.41) is 27.2. The molecule has 2 unspecified atom stereocenters. The molecule has 6 N–H and O–H groups in total. The van der Waals surface area contributed by atoms with Crippen LogP contribution in [0.25, 0.3) is 0 Å². The maximum Gasteiger partial charge on any atom is 0.322 e. The van der Waals surface area contributed by atoms with Crippen molar-refractivity contribution in [1.29, 1.82) is 0 Å². The molecule has 2 aliphatic rings. The Morgan fingerprint density at radius 1 is 0.571 bits per heavy atom. The van der Waals surface area contributed by atoms with Crippen LogP contribution in [0.15, 0.2) is 48.5 Å². The number of rotatable bonds is 2. The van der Waals surface area contributed by atoms with Crippen LogP contribution >= 0.6 is 0 Å². The van der Waals surface area contributed by atoms with Gasteiger partial charge in [0.25, 0.3) is 11.8 Å². The van der Waals surface area contributed by atoms with Crippen molar-refractivity contribution in [2.75, 3.05) is 0 Å². The van der Waals surface area contributed by atoms with Crippen LogP contribution in [-0.4, -0.2) is 34.1 Å². The molecule has 0 aromatic heterocycles. The van der Waals surface area contributed by atoms with E-state index >= 15 is 0 Å². The molecule has 10 nitrogen and oxygen atoms in total. The quantitative estimate of drug-likeness (QED) is 0.415. The van der Waals surface area contributed by atoms with E-state index in [1.165, 1.54) is 24.3 Å². The number of amides is 6. The normalized spacial score (nSPS) is 20.4. The molecule has 2 saturated heterocycles. The van der Waals surface area contributed by atoms with Gasteiger partial charge in [-0.1, -0.05) is 24.3 Å². The second-order valence-corrected chi connectivity index (χ2v) is 5.97. The first-order valence-corrected chi connectivity index (χ1v) is 8.14. The lowest BCUT2D eigenvalue weighted by atomic mass is 10.1. The molecule has 4 rings (SSSR count). The van der Waals surface area contributed by atoms with Crippen LogP contribution in [-0.2, 0) is 9.59 Å². The van der Waals surface area contributed by atoms with Gasteiger partial charge in [-0.25, -0.2) is 9.59 Å². The average molecular weight is 384 g/mol. The van der Waals surface area contributed by atoms with Crippen LogP contribution in [0.4, 0.5) is 9.59 Å². The second kappa shape index (κ2) is 7.66. The predicted octanol–water partition coefficient (Wildman–Crippen LogP) is 0.545. The highest BCUT2D eigenvalue weighted by molar-refractivity contribution is 6.05. The zero-order valence-electron chi connectivity index (χ0n) is 14.3. The van der Waals surface area contributed by atoms with Crippen molar-refractivity contribution in [2.45, 2.75) is 12.1 Å². The van der Waals surface area contributed by atoms with Crippen molar-refractivity contribution >= 4 is 23.9 Å². The first-order chi connectivity index (χ1) is 13.3. The molecule has 144 valence electrons. The van der Waals surface area contributed by atoms with E-state index in [-0.39, 0.29) is 23.3 Å². The molecule has 2 aromatic carbocycles. The van der Waals surface area contributed by atoms with Crippen LogP contribution in [0.5, 0.6) is 11.5 Å². The Morgan fingerprint density at radius 2 is 0.893 bits per heavy atom. The highest BCUT2D eigenvalue weighted by Crippen LogP contribution is 2.20. The van der Waals surface area contributed by atoms with Gasteiger partial charge in [-0.3, -0.25) is 20.2 Å². The van der Waals surface area contributed by atoms with Crippen molar-refractivity contribution in [3.8, 4) is 11.5 Å². The third kappa shape index (κ3) is 4.18. The summed E-state index contributed by atoms with van der Waals surface area (Å²) in [5.74, 6) is -0.502. The molecule has 28 heavy (non-hydrogen) atoms. The summed E-state index contributed by atoms with van der Waals surface area (Å²) in [6, 6.07) is 9.93. The van der Waals surface area contributed by atoms with Crippen LogP contribution in [0.1, 0.15) is 23.2 Å². The Morgan fingerprint density at radius 3 is 1.14 bits per heavy atom. The van der Waals surface area contributed by atoms with E-state index < -0.39 is 24.1 Å². The molecule has 2 atom stereocenters.